The van der Waals surface area contributed by atoms with Crippen molar-refractivity contribution >= 4 is 10.9 Å². The molecule has 1 unspecified atom stereocenters. The molecule has 0 amide bonds. The number of nitrogens with one attached hydrogen (secondary N) is 1. The molecule has 1 nitrogen and oxygen atoms in total. The quantitative estimate of drug-likeness (QED) is 0.766. The minimum atomic E-state index is 0.756. The first-order valence-corrected chi connectivity index (χ1v) is 7.83. The Morgan fingerprint density at radius 2 is 2.16 bits per heavy atom. The largest absolute Gasteiger partial charge is 0.361 e. The number of aromatic nitrogens is 1. The van der Waals surface area contributed by atoms with Crippen LogP contribution in [0.1, 0.15) is 57.1 Å². The van der Waals surface area contributed by atoms with Gasteiger partial charge >= 0.3 is 0 Å². The second kappa shape index (κ2) is 5.03. The molecule has 0 radical (unpaired) electrons. The summed E-state index contributed by atoms with van der Waals surface area (Å²) in [6.45, 7) is 7.07. The van der Waals surface area contributed by atoms with Gasteiger partial charge in [0.25, 0.3) is 0 Å². The van der Waals surface area contributed by atoms with E-state index in [-0.39, 0.29) is 0 Å². The average Bonchev–Trinajstić information content (AvgIpc) is 2.86. The van der Waals surface area contributed by atoms with Gasteiger partial charge in [0.15, 0.2) is 0 Å². The fourth-order valence-corrected chi connectivity index (χ4v) is 3.78. The van der Waals surface area contributed by atoms with Gasteiger partial charge in [-0.3, -0.25) is 0 Å². The lowest BCUT2D eigenvalue weighted by Gasteiger charge is -2.33. The molecular weight excluding hydrogens is 230 g/mol. The Morgan fingerprint density at radius 1 is 1.32 bits per heavy atom. The highest BCUT2D eigenvalue weighted by molar-refractivity contribution is 5.88. The van der Waals surface area contributed by atoms with Crippen molar-refractivity contribution in [2.45, 2.75) is 52.4 Å². The van der Waals surface area contributed by atoms with Crippen LogP contribution in [0.4, 0.5) is 0 Å². The molecular formula is C18H25N. The lowest BCUT2D eigenvalue weighted by atomic mass is 9.71. The van der Waals surface area contributed by atoms with E-state index in [0.717, 1.165) is 17.8 Å². The molecule has 0 aliphatic heterocycles. The van der Waals surface area contributed by atoms with Crippen LogP contribution in [0, 0.1) is 11.8 Å². The predicted molar refractivity (Wildman–Crippen MR) is 82.6 cm³/mol. The van der Waals surface area contributed by atoms with Gasteiger partial charge in [0.05, 0.1) is 0 Å². The number of H-pyrrole nitrogens is 1. The fraction of sp³-hybridized carbons (Fsp3) is 0.556. The highest BCUT2D eigenvalue weighted by atomic mass is 14.7. The third-order valence-corrected chi connectivity index (χ3v) is 5.15. The maximum atomic E-state index is 3.45. The molecule has 3 atom stereocenters. The van der Waals surface area contributed by atoms with Crippen molar-refractivity contribution < 1.29 is 0 Å². The van der Waals surface area contributed by atoms with E-state index in [0.29, 0.717) is 0 Å². The summed E-state index contributed by atoms with van der Waals surface area (Å²) in [6, 6.07) is 6.81. The number of hydrogen-bond donors (Lipinski definition) is 1. The van der Waals surface area contributed by atoms with Crippen LogP contribution in [0.25, 0.3) is 10.9 Å². The van der Waals surface area contributed by atoms with Crippen LogP contribution < -0.4 is 0 Å². The molecule has 0 fully saturated rings. The Hall–Kier alpha value is -1.24. The molecule has 2 aromatic rings. The van der Waals surface area contributed by atoms with Gasteiger partial charge in [0.1, 0.15) is 0 Å². The number of aromatic amines is 1. The van der Waals surface area contributed by atoms with Crippen LogP contribution in [-0.2, 0) is 6.42 Å². The van der Waals surface area contributed by atoms with Crippen LogP contribution in [-0.4, -0.2) is 4.98 Å². The summed E-state index contributed by atoms with van der Waals surface area (Å²) in [6.07, 6.45) is 7.43. The predicted octanol–water partition coefficient (Wildman–Crippen LogP) is 5.27. The van der Waals surface area contributed by atoms with Crippen molar-refractivity contribution in [3.05, 3.63) is 35.5 Å². The molecule has 0 bridgehead atoms. The standard InChI is InChI=1S/C18H25N/c1-4-12(3)9-16-13(5-2)10-14-11-19-17-8-6-7-15(16)18(14)17/h6-8,11-13,16,19H,4-5,9-10H2,1-3H3/t12-,13+,16?/m0/s1. The minimum absolute atomic E-state index is 0.756. The maximum Gasteiger partial charge on any atom is 0.0459 e. The average molecular weight is 255 g/mol. The van der Waals surface area contributed by atoms with Crippen molar-refractivity contribution in [1.29, 1.82) is 0 Å². The Labute approximate surface area is 116 Å². The Kier molecular flexibility index (Phi) is 3.38. The van der Waals surface area contributed by atoms with Crippen molar-refractivity contribution in [3.63, 3.8) is 0 Å². The Bertz CT molecular complexity index is 566. The first kappa shape index (κ1) is 12.8. The molecule has 0 spiro atoms. The number of rotatable bonds is 4. The zero-order valence-electron chi connectivity index (χ0n) is 12.4. The molecule has 19 heavy (non-hydrogen) atoms. The lowest BCUT2D eigenvalue weighted by Crippen LogP contribution is -2.21. The van der Waals surface area contributed by atoms with Crippen molar-refractivity contribution in [3.8, 4) is 0 Å². The number of benzene rings is 1. The summed E-state index contributed by atoms with van der Waals surface area (Å²) in [5.41, 5.74) is 4.47. The summed E-state index contributed by atoms with van der Waals surface area (Å²) in [7, 11) is 0. The first-order chi connectivity index (χ1) is 9.24. The van der Waals surface area contributed by atoms with Crippen molar-refractivity contribution in [2.24, 2.45) is 11.8 Å². The van der Waals surface area contributed by atoms with Crippen LogP contribution in [0.3, 0.4) is 0 Å². The van der Waals surface area contributed by atoms with E-state index < -0.39 is 0 Å². The molecule has 3 rings (SSSR count). The molecule has 1 aromatic carbocycles. The summed E-state index contributed by atoms with van der Waals surface area (Å²) in [5, 5.41) is 1.53. The lowest BCUT2D eigenvalue weighted by molar-refractivity contribution is 0.333. The molecule has 1 aromatic heterocycles. The first-order valence-electron chi connectivity index (χ1n) is 7.83. The van der Waals surface area contributed by atoms with Gasteiger partial charge in [-0.15, -0.1) is 0 Å². The summed E-state index contributed by atoms with van der Waals surface area (Å²) >= 11 is 0. The Morgan fingerprint density at radius 3 is 2.89 bits per heavy atom. The van der Waals surface area contributed by atoms with E-state index in [1.165, 1.54) is 42.1 Å². The topological polar surface area (TPSA) is 15.8 Å². The van der Waals surface area contributed by atoms with Crippen molar-refractivity contribution in [1.82, 2.24) is 4.98 Å². The SMILES string of the molecule is CC[C@H](C)CC1c2cccc3[nH]cc(c23)C[C@H]1CC. The molecule has 1 N–H and O–H groups in total. The van der Waals surface area contributed by atoms with E-state index >= 15 is 0 Å². The van der Waals surface area contributed by atoms with E-state index in [1.54, 1.807) is 5.56 Å². The highest BCUT2D eigenvalue weighted by Crippen LogP contribution is 2.44. The molecule has 1 heterocycles. The molecule has 1 heteroatoms. The van der Waals surface area contributed by atoms with Gasteiger partial charge in [0, 0.05) is 17.1 Å². The van der Waals surface area contributed by atoms with Crippen molar-refractivity contribution in [2.75, 3.05) is 0 Å². The van der Waals surface area contributed by atoms with Gasteiger partial charge in [-0.2, -0.15) is 0 Å². The summed E-state index contributed by atoms with van der Waals surface area (Å²) in [4.78, 5) is 3.45. The second-order valence-corrected chi connectivity index (χ2v) is 6.31. The van der Waals surface area contributed by atoms with Gasteiger partial charge in [-0.1, -0.05) is 45.7 Å². The summed E-state index contributed by atoms with van der Waals surface area (Å²) < 4.78 is 0. The molecule has 0 saturated heterocycles. The second-order valence-electron chi connectivity index (χ2n) is 6.31. The van der Waals surface area contributed by atoms with Crippen LogP contribution in [0.15, 0.2) is 24.4 Å². The summed E-state index contributed by atoms with van der Waals surface area (Å²) in [5.74, 6) is 2.41. The zero-order chi connectivity index (χ0) is 13.4. The van der Waals surface area contributed by atoms with Crippen LogP contribution >= 0.6 is 0 Å². The van der Waals surface area contributed by atoms with E-state index in [9.17, 15) is 0 Å². The molecule has 1 aliphatic carbocycles. The van der Waals surface area contributed by atoms with E-state index in [4.69, 9.17) is 0 Å². The molecule has 102 valence electrons. The van der Waals surface area contributed by atoms with Crippen LogP contribution in [0.2, 0.25) is 0 Å². The monoisotopic (exact) mass is 255 g/mol. The number of hydrogen-bond acceptors (Lipinski definition) is 0. The molecule has 0 saturated carbocycles. The van der Waals surface area contributed by atoms with E-state index in [1.807, 2.05) is 0 Å². The minimum Gasteiger partial charge on any atom is -0.361 e. The van der Waals surface area contributed by atoms with Gasteiger partial charge in [-0.25, -0.2) is 0 Å². The molecule has 1 aliphatic rings. The normalized spacial score (nSPS) is 23.7. The zero-order valence-corrected chi connectivity index (χ0v) is 12.4. The highest BCUT2D eigenvalue weighted by Gasteiger charge is 2.30. The third-order valence-electron chi connectivity index (χ3n) is 5.15. The maximum absolute atomic E-state index is 3.45. The fourth-order valence-electron chi connectivity index (χ4n) is 3.78. The van der Waals surface area contributed by atoms with Gasteiger partial charge in [-0.05, 0) is 47.8 Å². The third kappa shape index (κ3) is 2.09. The van der Waals surface area contributed by atoms with E-state index in [2.05, 4.69) is 50.2 Å². The van der Waals surface area contributed by atoms with Gasteiger partial charge in [0.2, 0.25) is 0 Å². The van der Waals surface area contributed by atoms with Gasteiger partial charge < -0.3 is 4.98 Å². The smallest absolute Gasteiger partial charge is 0.0459 e. The Balaban J connectivity index is 2.07. The van der Waals surface area contributed by atoms with Crippen LogP contribution in [0.5, 0.6) is 0 Å².